The van der Waals surface area contributed by atoms with Gasteiger partial charge in [-0.25, -0.2) is 0 Å². The van der Waals surface area contributed by atoms with Gasteiger partial charge in [0.25, 0.3) is 0 Å². The Kier molecular flexibility index (Phi) is 4.94. The first-order valence-corrected chi connectivity index (χ1v) is 6.84. The van der Waals surface area contributed by atoms with Crippen LogP contribution in [-0.4, -0.2) is 12.5 Å². The molecule has 0 fully saturated rings. The third-order valence-electron chi connectivity index (χ3n) is 3.14. The Morgan fingerprint density at radius 2 is 1.86 bits per heavy atom. The molecule has 0 aliphatic rings. The number of nitrogens with zero attached hydrogens (tertiary/aromatic N) is 1. The molecule has 4 heteroatoms. The number of rotatable bonds is 5. The molecule has 0 radical (unpaired) electrons. The molecule has 106 valence electrons. The molecule has 0 aliphatic carbocycles. The highest BCUT2D eigenvalue weighted by Gasteiger charge is 2.05. The molecule has 0 heterocycles. The number of benzene rings is 2. The second kappa shape index (κ2) is 7.11. The average molecular weight is 279 g/mol. The summed E-state index contributed by atoms with van der Waals surface area (Å²) in [5.41, 5.74) is 3.38. The van der Waals surface area contributed by atoms with Crippen molar-refractivity contribution in [2.24, 2.45) is 0 Å². The molecule has 0 atom stereocenters. The fraction of sp³-hybridized carbons (Fsp3) is 0.176. The molecular weight excluding hydrogens is 262 g/mol. The van der Waals surface area contributed by atoms with Gasteiger partial charge in [-0.1, -0.05) is 25.1 Å². The summed E-state index contributed by atoms with van der Waals surface area (Å²) in [4.78, 5) is 12.0. The lowest BCUT2D eigenvalue weighted by atomic mass is 10.1. The fourth-order valence-electron chi connectivity index (χ4n) is 1.99. The van der Waals surface area contributed by atoms with Crippen LogP contribution in [0.2, 0.25) is 0 Å². The first kappa shape index (κ1) is 14.6. The fourth-order valence-corrected chi connectivity index (χ4v) is 1.99. The van der Waals surface area contributed by atoms with Crippen LogP contribution in [0.5, 0.6) is 0 Å². The van der Waals surface area contributed by atoms with E-state index in [1.54, 1.807) is 24.3 Å². The average Bonchev–Trinajstić information content (AvgIpc) is 2.54. The molecule has 2 rings (SSSR count). The number of hydrogen-bond donors (Lipinski definition) is 2. The van der Waals surface area contributed by atoms with Crippen LogP contribution < -0.4 is 10.6 Å². The molecule has 1 amide bonds. The van der Waals surface area contributed by atoms with Crippen molar-refractivity contribution >= 4 is 17.3 Å². The standard InChI is InChI=1S/C17H17N3O/c1-2-14-5-3-4-6-16(14)20-17(21)12-19-15-9-7-13(11-18)8-10-15/h3-10,19H,2,12H2,1H3,(H,20,21). The largest absolute Gasteiger partial charge is 0.376 e. The zero-order valence-corrected chi connectivity index (χ0v) is 11.9. The molecule has 0 bridgehead atoms. The van der Waals surface area contributed by atoms with Crippen molar-refractivity contribution in [1.82, 2.24) is 0 Å². The maximum atomic E-state index is 12.0. The molecule has 0 spiro atoms. The number of carbonyl (C=O) groups excluding carboxylic acids is 1. The van der Waals surface area contributed by atoms with E-state index in [2.05, 4.69) is 23.6 Å². The maximum Gasteiger partial charge on any atom is 0.243 e. The third kappa shape index (κ3) is 4.08. The van der Waals surface area contributed by atoms with Crippen LogP contribution in [0.25, 0.3) is 0 Å². The minimum absolute atomic E-state index is 0.0970. The summed E-state index contributed by atoms with van der Waals surface area (Å²) in [5.74, 6) is -0.0970. The predicted octanol–water partition coefficient (Wildman–Crippen LogP) is 3.17. The molecule has 4 nitrogen and oxygen atoms in total. The van der Waals surface area contributed by atoms with Crippen molar-refractivity contribution in [1.29, 1.82) is 5.26 Å². The molecule has 0 aliphatic heterocycles. The SMILES string of the molecule is CCc1ccccc1NC(=O)CNc1ccc(C#N)cc1. The Balaban J connectivity index is 1.91. The lowest BCUT2D eigenvalue weighted by Gasteiger charge is -2.10. The van der Waals surface area contributed by atoms with E-state index in [0.717, 1.165) is 23.4 Å². The van der Waals surface area contributed by atoms with Gasteiger partial charge < -0.3 is 10.6 Å². The third-order valence-corrected chi connectivity index (χ3v) is 3.14. The Morgan fingerprint density at radius 1 is 1.14 bits per heavy atom. The Hall–Kier alpha value is -2.80. The topological polar surface area (TPSA) is 64.9 Å². The van der Waals surface area contributed by atoms with Gasteiger partial charge in [0.2, 0.25) is 5.91 Å². The van der Waals surface area contributed by atoms with Crippen LogP contribution >= 0.6 is 0 Å². The van der Waals surface area contributed by atoms with Crippen molar-refractivity contribution in [3.05, 3.63) is 59.7 Å². The van der Waals surface area contributed by atoms with Gasteiger partial charge in [-0.2, -0.15) is 5.26 Å². The van der Waals surface area contributed by atoms with E-state index in [9.17, 15) is 4.79 Å². The smallest absolute Gasteiger partial charge is 0.243 e. The predicted molar refractivity (Wildman–Crippen MR) is 84.1 cm³/mol. The lowest BCUT2D eigenvalue weighted by molar-refractivity contribution is -0.114. The van der Waals surface area contributed by atoms with Crippen LogP contribution in [-0.2, 0) is 11.2 Å². The van der Waals surface area contributed by atoms with Crippen LogP contribution in [0.1, 0.15) is 18.1 Å². The number of amides is 1. The maximum absolute atomic E-state index is 12.0. The quantitative estimate of drug-likeness (QED) is 0.883. The number of nitrogens with one attached hydrogen (secondary N) is 2. The molecule has 2 N–H and O–H groups in total. The summed E-state index contributed by atoms with van der Waals surface area (Å²) >= 11 is 0. The lowest BCUT2D eigenvalue weighted by Crippen LogP contribution is -2.22. The molecule has 0 unspecified atom stereocenters. The van der Waals surface area contributed by atoms with Crippen LogP contribution in [0, 0.1) is 11.3 Å². The summed E-state index contributed by atoms with van der Waals surface area (Å²) in [5, 5.41) is 14.7. The molecule has 0 saturated heterocycles. The first-order valence-electron chi connectivity index (χ1n) is 6.84. The van der Waals surface area contributed by atoms with Crippen LogP contribution in [0.3, 0.4) is 0 Å². The van der Waals surface area contributed by atoms with E-state index in [1.165, 1.54) is 0 Å². The minimum atomic E-state index is -0.0970. The summed E-state index contributed by atoms with van der Waals surface area (Å²) in [7, 11) is 0. The summed E-state index contributed by atoms with van der Waals surface area (Å²) < 4.78 is 0. The molecular formula is C17H17N3O. The van der Waals surface area contributed by atoms with Crippen molar-refractivity contribution in [3.8, 4) is 6.07 Å². The van der Waals surface area contributed by atoms with Crippen molar-refractivity contribution in [3.63, 3.8) is 0 Å². The van der Waals surface area contributed by atoms with E-state index in [4.69, 9.17) is 5.26 Å². The van der Waals surface area contributed by atoms with E-state index in [1.807, 2.05) is 24.3 Å². The van der Waals surface area contributed by atoms with E-state index >= 15 is 0 Å². The van der Waals surface area contributed by atoms with Crippen LogP contribution in [0.4, 0.5) is 11.4 Å². The van der Waals surface area contributed by atoms with Gasteiger partial charge in [0.05, 0.1) is 18.2 Å². The van der Waals surface area contributed by atoms with Gasteiger partial charge in [-0.05, 0) is 42.3 Å². The summed E-state index contributed by atoms with van der Waals surface area (Å²) in [6.45, 7) is 2.24. The Bertz CT molecular complexity index is 656. The van der Waals surface area contributed by atoms with E-state index in [-0.39, 0.29) is 12.5 Å². The first-order chi connectivity index (χ1) is 10.2. The van der Waals surface area contributed by atoms with E-state index < -0.39 is 0 Å². The second-order valence-electron chi connectivity index (χ2n) is 4.60. The summed E-state index contributed by atoms with van der Waals surface area (Å²) in [6.07, 6.45) is 0.875. The number of carbonyl (C=O) groups is 1. The monoisotopic (exact) mass is 279 g/mol. The molecule has 21 heavy (non-hydrogen) atoms. The minimum Gasteiger partial charge on any atom is -0.376 e. The van der Waals surface area contributed by atoms with Gasteiger partial charge in [-0.15, -0.1) is 0 Å². The van der Waals surface area contributed by atoms with Gasteiger partial charge in [0.15, 0.2) is 0 Å². The molecule has 0 aromatic heterocycles. The molecule has 2 aromatic rings. The second-order valence-corrected chi connectivity index (χ2v) is 4.60. The number of anilines is 2. The zero-order valence-electron chi connectivity index (χ0n) is 11.9. The highest BCUT2D eigenvalue weighted by atomic mass is 16.1. The number of para-hydroxylation sites is 1. The highest BCUT2D eigenvalue weighted by Crippen LogP contribution is 2.15. The Labute approximate surface area is 124 Å². The number of aryl methyl sites for hydroxylation is 1. The van der Waals surface area contributed by atoms with Crippen LogP contribution in [0.15, 0.2) is 48.5 Å². The van der Waals surface area contributed by atoms with Gasteiger partial charge in [-0.3, -0.25) is 4.79 Å². The van der Waals surface area contributed by atoms with Crippen molar-refractivity contribution in [2.75, 3.05) is 17.2 Å². The van der Waals surface area contributed by atoms with Crippen molar-refractivity contribution in [2.45, 2.75) is 13.3 Å². The molecule has 2 aromatic carbocycles. The molecule has 0 saturated carbocycles. The zero-order chi connectivity index (χ0) is 15.1. The van der Waals surface area contributed by atoms with Gasteiger partial charge in [0.1, 0.15) is 0 Å². The van der Waals surface area contributed by atoms with Gasteiger partial charge in [0, 0.05) is 11.4 Å². The normalized spacial score (nSPS) is 9.71. The number of nitriles is 1. The number of hydrogen-bond acceptors (Lipinski definition) is 3. The van der Waals surface area contributed by atoms with Gasteiger partial charge >= 0.3 is 0 Å². The summed E-state index contributed by atoms with van der Waals surface area (Å²) in [6, 6.07) is 16.8. The van der Waals surface area contributed by atoms with Crippen molar-refractivity contribution < 1.29 is 4.79 Å². The van der Waals surface area contributed by atoms with E-state index in [0.29, 0.717) is 5.56 Å². The Morgan fingerprint density at radius 3 is 2.52 bits per heavy atom. The highest BCUT2D eigenvalue weighted by molar-refractivity contribution is 5.94.